The minimum Gasteiger partial charge on any atom is -0.444 e. The van der Waals surface area contributed by atoms with Crippen LogP contribution in [0, 0.1) is 5.92 Å². The Hall–Kier alpha value is -3.60. The second-order valence-corrected chi connectivity index (χ2v) is 9.44. The molecule has 0 radical (unpaired) electrons. The highest BCUT2D eigenvalue weighted by atomic mass is 16.6. The Morgan fingerprint density at radius 2 is 1.39 bits per heavy atom. The van der Waals surface area contributed by atoms with Gasteiger partial charge in [-0.15, -0.1) is 0 Å². The average molecular weight is 443 g/mol. The van der Waals surface area contributed by atoms with Crippen molar-refractivity contribution in [2.75, 3.05) is 18.4 Å². The van der Waals surface area contributed by atoms with Gasteiger partial charge >= 0.3 is 6.09 Å². The predicted octanol–water partition coefficient (Wildman–Crippen LogP) is 5.94. The molecule has 1 heterocycles. The molecule has 3 aromatic carbocycles. The van der Waals surface area contributed by atoms with Crippen molar-refractivity contribution in [1.82, 2.24) is 4.90 Å². The zero-order chi connectivity index (χ0) is 23.4. The van der Waals surface area contributed by atoms with E-state index in [2.05, 4.69) is 17.4 Å². The smallest absolute Gasteiger partial charge is 0.410 e. The molecule has 0 bridgehead atoms. The molecule has 1 saturated heterocycles. The Morgan fingerprint density at radius 1 is 0.818 bits per heavy atom. The topological polar surface area (TPSA) is 58.6 Å². The number of ether oxygens (including phenoxy) is 1. The molecule has 2 amide bonds. The van der Waals surface area contributed by atoms with Crippen LogP contribution >= 0.6 is 0 Å². The van der Waals surface area contributed by atoms with Crippen molar-refractivity contribution < 1.29 is 14.3 Å². The monoisotopic (exact) mass is 442 g/mol. The number of anilines is 1. The van der Waals surface area contributed by atoms with Gasteiger partial charge in [0.2, 0.25) is 5.91 Å². The molecule has 0 aromatic heterocycles. The van der Waals surface area contributed by atoms with E-state index >= 15 is 0 Å². The molecule has 33 heavy (non-hydrogen) atoms. The second kappa shape index (κ2) is 9.49. The summed E-state index contributed by atoms with van der Waals surface area (Å²) >= 11 is 0. The molecule has 1 fully saturated rings. The number of carbonyl (C=O) groups excluding carboxylic acids is 2. The Kier molecular flexibility index (Phi) is 6.50. The fourth-order valence-electron chi connectivity index (χ4n) is 4.19. The lowest BCUT2D eigenvalue weighted by Gasteiger charge is -2.24. The fraction of sp³-hybridized carbons (Fsp3) is 0.286. The Labute approximate surface area is 195 Å². The SMILES string of the molecule is CC(C)(C)OC(=O)N1C[C@@H](C(=O)Nc2ccc(-c3ccccc3)cc2)[C@H](c2ccccc2)C1. The van der Waals surface area contributed by atoms with Crippen molar-refractivity contribution in [3.8, 4) is 11.1 Å². The maximum Gasteiger partial charge on any atom is 0.410 e. The van der Waals surface area contributed by atoms with Crippen molar-refractivity contribution >= 4 is 17.7 Å². The first-order chi connectivity index (χ1) is 15.8. The highest BCUT2D eigenvalue weighted by Gasteiger charge is 2.41. The van der Waals surface area contributed by atoms with E-state index in [-0.39, 0.29) is 23.8 Å². The van der Waals surface area contributed by atoms with Crippen molar-refractivity contribution in [3.05, 3.63) is 90.5 Å². The van der Waals surface area contributed by atoms with Gasteiger partial charge in [0, 0.05) is 24.7 Å². The van der Waals surface area contributed by atoms with Crippen LogP contribution in [0.15, 0.2) is 84.9 Å². The van der Waals surface area contributed by atoms with E-state index in [4.69, 9.17) is 4.74 Å². The summed E-state index contributed by atoms with van der Waals surface area (Å²) in [5, 5.41) is 3.05. The summed E-state index contributed by atoms with van der Waals surface area (Å²) in [6.07, 6.45) is -0.383. The molecule has 5 heteroatoms. The first-order valence-corrected chi connectivity index (χ1v) is 11.3. The number of rotatable bonds is 4. The van der Waals surface area contributed by atoms with Gasteiger partial charge in [-0.25, -0.2) is 4.79 Å². The predicted molar refractivity (Wildman–Crippen MR) is 131 cm³/mol. The maximum atomic E-state index is 13.3. The lowest BCUT2D eigenvalue weighted by molar-refractivity contribution is -0.119. The van der Waals surface area contributed by atoms with Gasteiger partial charge in [0.1, 0.15) is 5.60 Å². The summed E-state index contributed by atoms with van der Waals surface area (Å²) in [5.74, 6) is -0.557. The number of nitrogens with one attached hydrogen (secondary N) is 1. The standard InChI is InChI=1S/C28H30N2O3/c1-28(2,3)33-27(32)30-18-24(22-12-8-5-9-13-22)25(19-30)26(31)29-23-16-14-21(15-17-23)20-10-6-4-7-11-20/h4-17,24-25H,18-19H2,1-3H3,(H,29,31)/t24-,25+/m0/s1. The van der Waals surface area contributed by atoms with Crippen LogP contribution < -0.4 is 5.32 Å². The van der Waals surface area contributed by atoms with Gasteiger partial charge in [-0.3, -0.25) is 4.79 Å². The Morgan fingerprint density at radius 3 is 2.00 bits per heavy atom. The van der Waals surface area contributed by atoms with Gasteiger partial charge in [0.25, 0.3) is 0 Å². The highest BCUT2D eigenvalue weighted by Crippen LogP contribution is 2.34. The van der Waals surface area contributed by atoms with Crippen LogP contribution in [-0.2, 0) is 9.53 Å². The first kappa shape index (κ1) is 22.6. The number of likely N-dealkylation sites (tertiary alicyclic amines) is 1. The summed E-state index contributed by atoms with van der Waals surface area (Å²) in [5.41, 5.74) is 3.42. The molecule has 0 saturated carbocycles. The van der Waals surface area contributed by atoms with Crippen LogP contribution in [0.1, 0.15) is 32.3 Å². The van der Waals surface area contributed by atoms with E-state index in [1.54, 1.807) is 4.90 Å². The summed E-state index contributed by atoms with van der Waals surface area (Å²) < 4.78 is 5.56. The van der Waals surface area contributed by atoms with E-state index < -0.39 is 5.60 Å². The number of amides is 2. The van der Waals surface area contributed by atoms with Crippen LogP contribution in [-0.4, -0.2) is 35.6 Å². The summed E-state index contributed by atoms with van der Waals surface area (Å²) in [4.78, 5) is 27.7. The Balaban J connectivity index is 1.50. The molecule has 3 aromatic rings. The van der Waals surface area contributed by atoms with Crippen LogP contribution in [0.2, 0.25) is 0 Å². The van der Waals surface area contributed by atoms with Crippen molar-refractivity contribution in [2.24, 2.45) is 5.92 Å². The van der Waals surface area contributed by atoms with Gasteiger partial charge < -0.3 is 15.0 Å². The lowest BCUT2D eigenvalue weighted by Crippen LogP contribution is -2.36. The molecule has 1 N–H and O–H groups in total. The van der Waals surface area contributed by atoms with Gasteiger partial charge in [-0.05, 0) is 49.6 Å². The quantitative estimate of drug-likeness (QED) is 0.544. The maximum absolute atomic E-state index is 13.3. The van der Waals surface area contributed by atoms with Crippen molar-refractivity contribution in [2.45, 2.75) is 32.3 Å². The molecule has 1 aliphatic heterocycles. The first-order valence-electron chi connectivity index (χ1n) is 11.3. The van der Waals surface area contributed by atoms with Crippen LogP contribution in [0.5, 0.6) is 0 Å². The van der Waals surface area contributed by atoms with E-state index in [0.29, 0.717) is 13.1 Å². The van der Waals surface area contributed by atoms with Crippen molar-refractivity contribution in [3.63, 3.8) is 0 Å². The van der Waals surface area contributed by atoms with Crippen LogP contribution in [0.3, 0.4) is 0 Å². The van der Waals surface area contributed by atoms with Crippen LogP contribution in [0.4, 0.5) is 10.5 Å². The largest absolute Gasteiger partial charge is 0.444 e. The number of nitrogens with zero attached hydrogens (tertiary/aromatic N) is 1. The molecule has 5 nitrogen and oxygen atoms in total. The third kappa shape index (κ3) is 5.61. The zero-order valence-corrected chi connectivity index (χ0v) is 19.3. The van der Waals surface area contributed by atoms with E-state index in [9.17, 15) is 9.59 Å². The Bertz CT molecular complexity index is 1090. The number of carbonyl (C=O) groups is 2. The summed E-state index contributed by atoms with van der Waals surface area (Å²) in [7, 11) is 0. The minimum atomic E-state index is -0.583. The molecular weight excluding hydrogens is 412 g/mol. The second-order valence-electron chi connectivity index (χ2n) is 9.44. The average Bonchev–Trinajstić information content (AvgIpc) is 3.26. The zero-order valence-electron chi connectivity index (χ0n) is 19.3. The van der Waals surface area contributed by atoms with Gasteiger partial charge in [0.05, 0.1) is 5.92 Å². The summed E-state index contributed by atoms with van der Waals surface area (Å²) in [6, 6.07) is 27.8. The van der Waals surface area contributed by atoms with E-state index in [0.717, 1.165) is 22.4 Å². The lowest BCUT2D eigenvalue weighted by atomic mass is 9.88. The third-order valence-corrected chi connectivity index (χ3v) is 5.80. The third-order valence-electron chi connectivity index (χ3n) is 5.80. The van der Waals surface area contributed by atoms with E-state index in [1.807, 2.05) is 93.6 Å². The number of benzene rings is 3. The molecule has 0 aliphatic carbocycles. The van der Waals surface area contributed by atoms with Gasteiger partial charge in [-0.1, -0.05) is 72.8 Å². The molecular formula is C28H30N2O3. The molecule has 1 aliphatic rings. The summed E-state index contributed by atoms with van der Waals surface area (Å²) in [6.45, 7) is 6.31. The minimum absolute atomic E-state index is 0.0950. The van der Waals surface area contributed by atoms with E-state index in [1.165, 1.54) is 0 Å². The molecule has 0 unspecified atom stereocenters. The number of hydrogen-bond acceptors (Lipinski definition) is 3. The number of hydrogen-bond donors (Lipinski definition) is 1. The fourth-order valence-corrected chi connectivity index (χ4v) is 4.19. The van der Waals surface area contributed by atoms with Gasteiger partial charge in [-0.2, -0.15) is 0 Å². The molecule has 4 rings (SSSR count). The molecule has 0 spiro atoms. The van der Waals surface area contributed by atoms with Crippen LogP contribution in [0.25, 0.3) is 11.1 Å². The van der Waals surface area contributed by atoms with Crippen molar-refractivity contribution in [1.29, 1.82) is 0 Å². The molecule has 2 atom stereocenters. The normalized spacial score (nSPS) is 18.1. The molecule has 170 valence electrons. The highest BCUT2D eigenvalue weighted by molar-refractivity contribution is 5.94. The van der Waals surface area contributed by atoms with Gasteiger partial charge in [0.15, 0.2) is 0 Å².